The fraction of sp³-hybridized carbons (Fsp3) is 0.318. The van der Waals surface area contributed by atoms with Crippen LogP contribution in [0, 0.1) is 0 Å². The maximum atomic E-state index is 12.9. The predicted molar refractivity (Wildman–Crippen MR) is 109 cm³/mol. The number of aromatic nitrogens is 2. The predicted octanol–water partition coefficient (Wildman–Crippen LogP) is 3.95. The quantitative estimate of drug-likeness (QED) is 0.750. The van der Waals surface area contributed by atoms with E-state index in [1.165, 1.54) is 5.56 Å². The number of likely N-dealkylation sites (tertiary alicyclic amines) is 1. The van der Waals surface area contributed by atoms with Crippen molar-refractivity contribution in [2.45, 2.75) is 32.6 Å². The molecule has 0 unspecified atom stereocenters. The van der Waals surface area contributed by atoms with Crippen molar-refractivity contribution in [2.24, 2.45) is 0 Å². The number of hydrogen-bond donors (Lipinski definition) is 1. The third kappa shape index (κ3) is 3.38. The highest BCUT2D eigenvalue weighted by Gasteiger charge is 2.26. The Hall–Kier alpha value is -3.15. The highest BCUT2D eigenvalue weighted by Crippen LogP contribution is 2.20. The Morgan fingerprint density at radius 3 is 2.43 bits per heavy atom. The molecular weight excluding hydrogens is 352 g/mol. The van der Waals surface area contributed by atoms with Gasteiger partial charge in [0.05, 0.1) is 5.52 Å². The smallest absolute Gasteiger partial charge is 0.290 e. The summed E-state index contributed by atoms with van der Waals surface area (Å²) in [6.07, 6.45) is 3.80. The third-order valence-electron chi connectivity index (χ3n) is 5.18. The number of pyridine rings is 1. The topological polar surface area (TPSA) is 66.7 Å². The zero-order valence-electron chi connectivity index (χ0n) is 16.2. The van der Waals surface area contributed by atoms with Crippen molar-refractivity contribution in [1.29, 1.82) is 0 Å². The van der Waals surface area contributed by atoms with Gasteiger partial charge in [-0.1, -0.05) is 32.0 Å². The molecule has 6 nitrogen and oxygen atoms in total. The van der Waals surface area contributed by atoms with E-state index in [0.29, 0.717) is 17.1 Å². The molecule has 0 radical (unpaired) electrons. The number of rotatable bonds is 4. The van der Waals surface area contributed by atoms with Gasteiger partial charge < -0.3 is 10.2 Å². The van der Waals surface area contributed by atoms with Crippen LogP contribution in [0.25, 0.3) is 5.52 Å². The van der Waals surface area contributed by atoms with Crippen LogP contribution in [-0.2, 0) is 0 Å². The second-order valence-electron chi connectivity index (χ2n) is 7.47. The van der Waals surface area contributed by atoms with Crippen LogP contribution >= 0.6 is 0 Å². The molecule has 1 fully saturated rings. The van der Waals surface area contributed by atoms with Crippen LogP contribution in [0.5, 0.6) is 0 Å². The molecule has 3 heterocycles. The molecule has 6 heteroatoms. The standard InChI is InChI=1S/C22H24N4O2/c1-15(2)16-8-10-17(11-9-16)23-21(27)19-18-7-3-4-14-26(18)20(24-19)22(28)25-12-5-6-13-25/h3-4,7-11,14-15H,5-6,12-13H2,1-2H3,(H,23,27). The number of nitrogens with one attached hydrogen (secondary N) is 1. The van der Waals surface area contributed by atoms with Gasteiger partial charge in [0.1, 0.15) is 0 Å². The van der Waals surface area contributed by atoms with E-state index >= 15 is 0 Å². The Balaban J connectivity index is 1.64. The summed E-state index contributed by atoms with van der Waals surface area (Å²) in [6.45, 7) is 5.74. The molecule has 1 aliphatic rings. The van der Waals surface area contributed by atoms with Crippen LogP contribution in [0.3, 0.4) is 0 Å². The molecule has 1 saturated heterocycles. The summed E-state index contributed by atoms with van der Waals surface area (Å²) in [5.74, 6) is 0.277. The largest absolute Gasteiger partial charge is 0.336 e. The molecule has 28 heavy (non-hydrogen) atoms. The Morgan fingerprint density at radius 1 is 1.04 bits per heavy atom. The van der Waals surface area contributed by atoms with Crippen molar-refractivity contribution in [3.05, 3.63) is 65.7 Å². The number of benzene rings is 1. The van der Waals surface area contributed by atoms with E-state index < -0.39 is 0 Å². The molecule has 2 amide bonds. The number of fused-ring (bicyclic) bond motifs is 1. The van der Waals surface area contributed by atoms with E-state index in [4.69, 9.17) is 0 Å². The van der Waals surface area contributed by atoms with Gasteiger partial charge in [-0.25, -0.2) is 4.98 Å². The third-order valence-corrected chi connectivity index (χ3v) is 5.18. The first kappa shape index (κ1) is 18.2. The summed E-state index contributed by atoms with van der Waals surface area (Å²) >= 11 is 0. The molecule has 1 N–H and O–H groups in total. The summed E-state index contributed by atoms with van der Waals surface area (Å²) in [6, 6.07) is 13.3. The number of carbonyl (C=O) groups excluding carboxylic acids is 2. The zero-order chi connectivity index (χ0) is 19.7. The number of imidazole rings is 1. The van der Waals surface area contributed by atoms with E-state index in [2.05, 4.69) is 24.1 Å². The Morgan fingerprint density at radius 2 is 1.75 bits per heavy atom. The van der Waals surface area contributed by atoms with Crippen molar-refractivity contribution in [3.63, 3.8) is 0 Å². The van der Waals surface area contributed by atoms with E-state index in [1.54, 1.807) is 15.5 Å². The summed E-state index contributed by atoms with van der Waals surface area (Å²) in [4.78, 5) is 32.0. The van der Waals surface area contributed by atoms with Gasteiger partial charge in [-0.3, -0.25) is 14.0 Å². The number of nitrogens with zero attached hydrogens (tertiary/aromatic N) is 3. The molecule has 1 aromatic carbocycles. The number of carbonyl (C=O) groups is 2. The average Bonchev–Trinajstić information content (AvgIpc) is 3.36. The molecule has 0 bridgehead atoms. The molecule has 1 aliphatic heterocycles. The molecule has 0 aliphatic carbocycles. The summed E-state index contributed by atoms with van der Waals surface area (Å²) in [5, 5.41) is 2.90. The second-order valence-corrected chi connectivity index (χ2v) is 7.47. The van der Waals surface area contributed by atoms with Crippen LogP contribution in [0.2, 0.25) is 0 Å². The maximum absolute atomic E-state index is 12.9. The van der Waals surface area contributed by atoms with E-state index in [9.17, 15) is 9.59 Å². The van der Waals surface area contributed by atoms with Gasteiger partial charge >= 0.3 is 0 Å². The average molecular weight is 376 g/mol. The number of anilines is 1. The van der Waals surface area contributed by atoms with Gasteiger partial charge in [0.15, 0.2) is 5.69 Å². The molecule has 0 spiro atoms. The second kappa shape index (κ2) is 7.46. The van der Waals surface area contributed by atoms with Gasteiger partial charge in [0, 0.05) is 25.0 Å². The summed E-state index contributed by atoms with van der Waals surface area (Å²) < 4.78 is 1.71. The molecular formula is C22H24N4O2. The van der Waals surface area contributed by atoms with Gasteiger partial charge in [-0.05, 0) is 48.6 Å². The minimum absolute atomic E-state index is 0.126. The summed E-state index contributed by atoms with van der Waals surface area (Å²) in [5.41, 5.74) is 2.81. The van der Waals surface area contributed by atoms with Crippen molar-refractivity contribution >= 4 is 23.0 Å². The van der Waals surface area contributed by atoms with E-state index in [0.717, 1.165) is 25.9 Å². The van der Waals surface area contributed by atoms with Crippen LogP contribution in [0.4, 0.5) is 5.69 Å². The lowest BCUT2D eigenvalue weighted by Crippen LogP contribution is -2.29. The first-order valence-electron chi connectivity index (χ1n) is 9.72. The monoisotopic (exact) mass is 376 g/mol. The lowest BCUT2D eigenvalue weighted by molar-refractivity contribution is 0.0780. The molecule has 0 atom stereocenters. The summed E-state index contributed by atoms with van der Waals surface area (Å²) in [7, 11) is 0. The number of hydrogen-bond acceptors (Lipinski definition) is 3. The molecule has 3 aromatic rings. The van der Waals surface area contributed by atoms with Crippen molar-refractivity contribution in [2.75, 3.05) is 18.4 Å². The fourth-order valence-electron chi connectivity index (χ4n) is 3.56. The van der Waals surface area contributed by atoms with Gasteiger partial charge in [-0.2, -0.15) is 0 Å². The fourth-order valence-corrected chi connectivity index (χ4v) is 3.56. The van der Waals surface area contributed by atoms with Gasteiger partial charge in [-0.15, -0.1) is 0 Å². The zero-order valence-corrected chi connectivity index (χ0v) is 16.2. The SMILES string of the molecule is CC(C)c1ccc(NC(=O)c2nc(C(=O)N3CCCC3)n3ccccc23)cc1. The molecule has 0 saturated carbocycles. The lowest BCUT2D eigenvalue weighted by atomic mass is 10.0. The first-order valence-corrected chi connectivity index (χ1v) is 9.72. The molecule has 4 rings (SSSR count). The lowest BCUT2D eigenvalue weighted by Gasteiger charge is -2.13. The molecule has 2 aromatic heterocycles. The van der Waals surface area contributed by atoms with Crippen LogP contribution in [-0.4, -0.2) is 39.2 Å². The van der Waals surface area contributed by atoms with Crippen molar-refractivity contribution in [3.8, 4) is 0 Å². The first-order chi connectivity index (χ1) is 13.5. The van der Waals surface area contributed by atoms with Crippen molar-refractivity contribution in [1.82, 2.24) is 14.3 Å². The highest BCUT2D eigenvalue weighted by atomic mass is 16.2. The van der Waals surface area contributed by atoms with Crippen LogP contribution < -0.4 is 5.32 Å². The molecule has 144 valence electrons. The maximum Gasteiger partial charge on any atom is 0.290 e. The Labute approximate surface area is 164 Å². The minimum Gasteiger partial charge on any atom is -0.336 e. The minimum atomic E-state index is -0.318. The van der Waals surface area contributed by atoms with Gasteiger partial charge in [0.25, 0.3) is 11.8 Å². The normalized spacial score (nSPS) is 14.0. The van der Waals surface area contributed by atoms with Gasteiger partial charge in [0.2, 0.25) is 5.82 Å². The highest BCUT2D eigenvalue weighted by molar-refractivity contribution is 6.09. The Bertz CT molecular complexity index is 1010. The van der Waals surface area contributed by atoms with Crippen LogP contribution in [0.15, 0.2) is 48.7 Å². The van der Waals surface area contributed by atoms with Crippen molar-refractivity contribution < 1.29 is 9.59 Å². The van der Waals surface area contributed by atoms with E-state index in [1.807, 2.05) is 42.5 Å². The van der Waals surface area contributed by atoms with Crippen LogP contribution in [0.1, 0.15) is 59.3 Å². The number of amides is 2. The Kier molecular flexibility index (Phi) is 4.86. The van der Waals surface area contributed by atoms with E-state index in [-0.39, 0.29) is 23.3 Å².